The molecule has 0 radical (unpaired) electrons. The highest BCUT2D eigenvalue weighted by atomic mass is 16.4. The third kappa shape index (κ3) is 3.66. The van der Waals surface area contributed by atoms with E-state index in [1.54, 1.807) is 0 Å². The standard InChI is InChI=1S/C19H28O2/c1-12(2)14-5-7-15(8-6-14)18-11-16(13(3)4)9-10-17(18)19(20)21/h5-8,12-13,16-18H,9-11H2,1-4H3,(H,20,21). The maximum absolute atomic E-state index is 11.6. The molecule has 1 aliphatic rings. The van der Waals surface area contributed by atoms with Crippen LogP contribution >= 0.6 is 0 Å². The van der Waals surface area contributed by atoms with Crippen LogP contribution in [0.15, 0.2) is 24.3 Å². The van der Waals surface area contributed by atoms with Crippen LogP contribution in [0.5, 0.6) is 0 Å². The minimum Gasteiger partial charge on any atom is -0.481 e. The molecule has 0 aromatic heterocycles. The zero-order chi connectivity index (χ0) is 15.6. The summed E-state index contributed by atoms with van der Waals surface area (Å²) in [7, 11) is 0. The smallest absolute Gasteiger partial charge is 0.307 e. The highest BCUT2D eigenvalue weighted by Crippen LogP contribution is 2.43. The van der Waals surface area contributed by atoms with Crippen LogP contribution in [0, 0.1) is 17.8 Å². The lowest BCUT2D eigenvalue weighted by Gasteiger charge is -2.36. The van der Waals surface area contributed by atoms with Crippen molar-refractivity contribution in [3.05, 3.63) is 35.4 Å². The molecule has 2 heteroatoms. The largest absolute Gasteiger partial charge is 0.481 e. The van der Waals surface area contributed by atoms with Crippen molar-refractivity contribution in [1.82, 2.24) is 0 Å². The van der Waals surface area contributed by atoms with Crippen molar-refractivity contribution in [1.29, 1.82) is 0 Å². The van der Waals surface area contributed by atoms with Crippen LogP contribution in [-0.4, -0.2) is 11.1 Å². The van der Waals surface area contributed by atoms with Crippen LogP contribution in [0.1, 0.15) is 69.9 Å². The van der Waals surface area contributed by atoms with Crippen molar-refractivity contribution in [2.75, 3.05) is 0 Å². The van der Waals surface area contributed by atoms with E-state index in [2.05, 4.69) is 52.0 Å². The number of carboxylic acids is 1. The van der Waals surface area contributed by atoms with Crippen molar-refractivity contribution in [3.8, 4) is 0 Å². The van der Waals surface area contributed by atoms with Gasteiger partial charge in [0.25, 0.3) is 0 Å². The predicted molar refractivity (Wildman–Crippen MR) is 86.6 cm³/mol. The summed E-state index contributed by atoms with van der Waals surface area (Å²) in [5.41, 5.74) is 2.53. The number of carboxylic acid groups (broad SMARTS) is 1. The molecule has 3 atom stereocenters. The molecular formula is C19H28O2. The number of rotatable bonds is 4. The Morgan fingerprint density at radius 2 is 1.71 bits per heavy atom. The molecule has 1 N–H and O–H groups in total. The topological polar surface area (TPSA) is 37.3 Å². The number of benzene rings is 1. The Labute approximate surface area is 128 Å². The summed E-state index contributed by atoms with van der Waals surface area (Å²) in [6.45, 7) is 8.88. The van der Waals surface area contributed by atoms with Crippen molar-refractivity contribution in [2.45, 2.75) is 58.8 Å². The molecule has 0 bridgehead atoms. The maximum Gasteiger partial charge on any atom is 0.307 e. The monoisotopic (exact) mass is 288 g/mol. The summed E-state index contributed by atoms with van der Waals surface area (Å²) in [5.74, 6) is 1.13. The molecule has 1 aliphatic carbocycles. The molecular weight excluding hydrogens is 260 g/mol. The quantitative estimate of drug-likeness (QED) is 0.841. The molecule has 2 rings (SSSR count). The second-order valence-corrected chi connectivity index (χ2v) is 7.19. The summed E-state index contributed by atoms with van der Waals surface area (Å²) >= 11 is 0. The molecule has 0 heterocycles. The minimum atomic E-state index is -0.629. The minimum absolute atomic E-state index is 0.171. The van der Waals surface area contributed by atoms with E-state index in [1.807, 2.05) is 0 Å². The van der Waals surface area contributed by atoms with Crippen LogP contribution in [0.3, 0.4) is 0 Å². The first-order valence-corrected chi connectivity index (χ1v) is 8.22. The first kappa shape index (κ1) is 16.1. The van der Waals surface area contributed by atoms with Crippen LogP contribution in [0.4, 0.5) is 0 Å². The highest BCUT2D eigenvalue weighted by Gasteiger charge is 2.36. The first-order valence-electron chi connectivity index (χ1n) is 8.22. The lowest BCUT2D eigenvalue weighted by atomic mass is 9.68. The predicted octanol–water partition coefficient (Wildman–Crippen LogP) is 5.05. The highest BCUT2D eigenvalue weighted by molar-refractivity contribution is 5.71. The molecule has 0 aliphatic heterocycles. The number of hydrogen-bond acceptors (Lipinski definition) is 1. The number of aliphatic carboxylic acids is 1. The summed E-state index contributed by atoms with van der Waals surface area (Å²) in [6, 6.07) is 8.63. The summed E-state index contributed by atoms with van der Waals surface area (Å²) in [4.78, 5) is 11.6. The van der Waals surface area contributed by atoms with E-state index >= 15 is 0 Å². The SMILES string of the molecule is CC(C)c1ccc(C2CC(C(C)C)CCC2C(=O)O)cc1. The number of hydrogen-bond donors (Lipinski definition) is 1. The van der Waals surface area contributed by atoms with Crippen molar-refractivity contribution in [3.63, 3.8) is 0 Å². The zero-order valence-corrected chi connectivity index (χ0v) is 13.7. The molecule has 3 unspecified atom stereocenters. The molecule has 0 amide bonds. The Bertz CT molecular complexity index is 473. The van der Waals surface area contributed by atoms with Crippen molar-refractivity contribution < 1.29 is 9.90 Å². The van der Waals surface area contributed by atoms with Gasteiger partial charge in [0.05, 0.1) is 5.92 Å². The van der Waals surface area contributed by atoms with E-state index in [-0.39, 0.29) is 11.8 Å². The Kier molecular flexibility index (Phi) is 5.08. The maximum atomic E-state index is 11.6. The van der Waals surface area contributed by atoms with Crippen molar-refractivity contribution >= 4 is 5.97 Å². The lowest BCUT2D eigenvalue weighted by molar-refractivity contribution is -0.144. The van der Waals surface area contributed by atoms with Gasteiger partial charge < -0.3 is 5.11 Å². The summed E-state index contributed by atoms with van der Waals surface area (Å²) < 4.78 is 0. The van der Waals surface area contributed by atoms with Gasteiger partial charge in [0.1, 0.15) is 0 Å². The van der Waals surface area contributed by atoms with Gasteiger partial charge in [-0.1, -0.05) is 52.0 Å². The van der Waals surface area contributed by atoms with Crippen molar-refractivity contribution in [2.24, 2.45) is 17.8 Å². The Morgan fingerprint density at radius 3 is 2.19 bits per heavy atom. The lowest BCUT2D eigenvalue weighted by Crippen LogP contribution is -2.31. The molecule has 1 saturated carbocycles. The van der Waals surface area contributed by atoms with E-state index in [0.717, 1.165) is 19.3 Å². The fraction of sp³-hybridized carbons (Fsp3) is 0.632. The molecule has 0 saturated heterocycles. The summed E-state index contributed by atoms with van der Waals surface area (Å²) in [6.07, 6.45) is 2.87. The Hall–Kier alpha value is -1.31. The molecule has 21 heavy (non-hydrogen) atoms. The molecule has 116 valence electrons. The van der Waals surface area contributed by atoms with Gasteiger partial charge >= 0.3 is 5.97 Å². The van der Waals surface area contributed by atoms with E-state index in [1.165, 1.54) is 11.1 Å². The van der Waals surface area contributed by atoms with Gasteiger partial charge in [-0.15, -0.1) is 0 Å². The molecule has 1 fully saturated rings. The van der Waals surface area contributed by atoms with E-state index in [0.29, 0.717) is 17.8 Å². The van der Waals surface area contributed by atoms with Gasteiger partial charge in [0.2, 0.25) is 0 Å². The van der Waals surface area contributed by atoms with Gasteiger partial charge in [-0.25, -0.2) is 0 Å². The molecule has 1 aromatic carbocycles. The third-order valence-electron chi connectivity index (χ3n) is 5.18. The molecule has 1 aromatic rings. The Balaban J connectivity index is 2.24. The number of carbonyl (C=O) groups is 1. The van der Waals surface area contributed by atoms with Gasteiger partial charge in [-0.05, 0) is 54.1 Å². The first-order chi connectivity index (χ1) is 9.90. The van der Waals surface area contributed by atoms with Gasteiger partial charge in [0, 0.05) is 0 Å². The fourth-order valence-corrected chi connectivity index (χ4v) is 3.60. The van der Waals surface area contributed by atoms with Crippen LogP contribution in [-0.2, 0) is 4.79 Å². The van der Waals surface area contributed by atoms with Crippen LogP contribution in [0.25, 0.3) is 0 Å². The average molecular weight is 288 g/mol. The van der Waals surface area contributed by atoms with Crippen LogP contribution in [0.2, 0.25) is 0 Å². The van der Waals surface area contributed by atoms with E-state index < -0.39 is 5.97 Å². The second kappa shape index (κ2) is 6.64. The second-order valence-electron chi connectivity index (χ2n) is 7.19. The average Bonchev–Trinajstić information content (AvgIpc) is 2.46. The summed E-state index contributed by atoms with van der Waals surface area (Å²) in [5, 5.41) is 9.54. The normalized spacial score (nSPS) is 26.3. The van der Waals surface area contributed by atoms with E-state index in [9.17, 15) is 9.90 Å². The third-order valence-corrected chi connectivity index (χ3v) is 5.18. The molecule has 2 nitrogen and oxygen atoms in total. The van der Waals surface area contributed by atoms with E-state index in [4.69, 9.17) is 0 Å². The van der Waals surface area contributed by atoms with Gasteiger partial charge in [0.15, 0.2) is 0 Å². The van der Waals surface area contributed by atoms with Gasteiger partial charge in [-0.3, -0.25) is 4.79 Å². The van der Waals surface area contributed by atoms with Gasteiger partial charge in [-0.2, -0.15) is 0 Å². The Morgan fingerprint density at radius 1 is 1.10 bits per heavy atom. The zero-order valence-electron chi connectivity index (χ0n) is 13.7. The molecule has 0 spiro atoms. The van der Waals surface area contributed by atoms with Crippen LogP contribution < -0.4 is 0 Å². The fourth-order valence-electron chi connectivity index (χ4n) is 3.60.